The first-order chi connectivity index (χ1) is 10.1. The summed E-state index contributed by atoms with van der Waals surface area (Å²) in [6.45, 7) is 6.87. The Balaban J connectivity index is 1.96. The molecule has 0 aliphatic heterocycles. The molecule has 0 nitrogen and oxygen atoms in total. The molecular formula is C21H24. The quantitative estimate of drug-likeness (QED) is 0.684. The highest BCUT2D eigenvalue weighted by Gasteiger charge is 2.18. The minimum Gasteiger partial charge on any atom is -0.0716 e. The average Bonchev–Trinajstić information content (AvgIpc) is 2.90. The fourth-order valence-corrected chi connectivity index (χ4v) is 3.21. The van der Waals surface area contributed by atoms with Crippen LogP contribution in [0.5, 0.6) is 0 Å². The highest BCUT2D eigenvalue weighted by Crippen LogP contribution is 2.35. The lowest BCUT2D eigenvalue weighted by atomic mass is 9.92. The predicted octanol–water partition coefficient (Wildman–Crippen LogP) is 5.57. The molecule has 0 saturated carbocycles. The van der Waals surface area contributed by atoms with Crippen molar-refractivity contribution < 1.29 is 0 Å². The number of fused-ring (bicyclic) bond motifs is 1. The summed E-state index contributed by atoms with van der Waals surface area (Å²) in [5.41, 5.74) is 8.68. The summed E-state index contributed by atoms with van der Waals surface area (Å²) in [4.78, 5) is 0. The second-order valence-electron chi connectivity index (χ2n) is 6.56. The smallest absolute Gasteiger partial charge is 0.00792 e. The molecule has 0 saturated heterocycles. The Bertz CT molecular complexity index is 660. The van der Waals surface area contributed by atoms with Gasteiger partial charge in [0.1, 0.15) is 0 Å². The van der Waals surface area contributed by atoms with Crippen LogP contribution in [0.25, 0.3) is 5.57 Å². The summed E-state index contributed by atoms with van der Waals surface area (Å²) in [6.07, 6.45) is 5.92. The molecule has 2 aromatic rings. The van der Waals surface area contributed by atoms with Crippen LogP contribution in [0.4, 0.5) is 0 Å². The van der Waals surface area contributed by atoms with Crippen LogP contribution in [0.15, 0.2) is 48.5 Å². The largest absolute Gasteiger partial charge is 0.0716 e. The van der Waals surface area contributed by atoms with Crippen molar-refractivity contribution in [2.24, 2.45) is 5.92 Å². The molecule has 0 aromatic heterocycles. The molecule has 0 amide bonds. The lowest BCUT2D eigenvalue weighted by Gasteiger charge is -2.13. The molecule has 0 atom stereocenters. The Labute approximate surface area is 128 Å². The molecule has 2 aromatic carbocycles. The van der Waals surface area contributed by atoms with Gasteiger partial charge in [0.2, 0.25) is 0 Å². The zero-order chi connectivity index (χ0) is 14.8. The first-order valence-corrected chi connectivity index (χ1v) is 8.03. The van der Waals surface area contributed by atoms with E-state index in [1.54, 1.807) is 0 Å². The third-order valence-electron chi connectivity index (χ3n) is 4.43. The SMILES string of the molecule is Cc1cc(CCC(C)C)cc2c1CC=C2c1ccccc1. The van der Waals surface area contributed by atoms with E-state index in [-0.39, 0.29) is 0 Å². The Hall–Kier alpha value is -1.82. The molecule has 0 bridgehead atoms. The molecule has 0 unspecified atom stereocenters. The molecule has 0 heteroatoms. The maximum Gasteiger partial charge on any atom is -0.00792 e. The molecule has 0 fully saturated rings. The van der Waals surface area contributed by atoms with E-state index in [9.17, 15) is 0 Å². The maximum absolute atomic E-state index is 2.43. The van der Waals surface area contributed by atoms with Gasteiger partial charge in [-0.25, -0.2) is 0 Å². The van der Waals surface area contributed by atoms with Crippen molar-refractivity contribution in [3.63, 3.8) is 0 Å². The van der Waals surface area contributed by atoms with E-state index in [4.69, 9.17) is 0 Å². The minimum absolute atomic E-state index is 0.766. The van der Waals surface area contributed by atoms with Gasteiger partial charge in [-0.3, -0.25) is 0 Å². The Morgan fingerprint density at radius 2 is 1.81 bits per heavy atom. The van der Waals surface area contributed by atoms with Crippen molar-refractivity contribution in [2.75, 3.05) is 0 Å². The number of benzene rings is 2. The number of rotatable bonds is 4. The molecular weight excluding hydrogens is 252 g/mol. The van der Waals surface area contributed by atoms with Gasteiger partial charge in [-0.05, 0) is 65.5 Å². The van der Waals surface area contributed by atoms with Crippen LogP contribution in [0.2, 0.25) is 0 Å². The van der Waals surface area contributed by atoms with E-state index < -0.39 is 0 Å². The van der Waals surface area contributed by atoms with Crippen molar-refractivity contribution in [1.29, 1.82) is 0 Å². The molecule has 0 N–H and O–H groups in total. The highest BCUT2D eigenvalue weighted by atomic mass is 14.2. The first kappa shape index (κ1) is 14.1. The van der Waals surface area contributed by atoms with E-state index in [1.807, 2.05) is 0 Å². The van der Waals surface area contributed by atoms with Crippen LogP contribution < -0.4 is 0 Å². The molecule has 3 rings (SSSR count). The fraction of sp³-hybridized carbons (Fsp3) is 0.333. The molecule has 1 aliphatic rings. The van der Waals surface area contributed by atoms with Crippen LogP contribution in [0.3, 0.4) is 0 Å². The van der Waals surface area contributed by atoms with Gasteiger partial charge in [0.15, 0.2) is 0 Å². The van der Waals surface area contributed by atoms with E-state index in [0.29, 0.717) is 0 Å². The summed E-state index contributed by atoms with van der Waals surface area (Å²) < 4.78 is 0. The normalized spacial score (nSPS) is 13.4. The van der Waals surface area contributed by atoms with Crippen LogP contribution in [0.1, 0.15) is 48.1 Å². The molecule has 108 valence electrons. The van der Waals surface area contributed by atoms with Gasteiger partial charge in [0.05, 0.1) is 0 Å². The number of aryl methyl sites for hydroxylation is 2. The second kappa shape index (κ2) is 5.89. The van der Waals surface area contributed by atoms with Crippen molar-refractivity contribution in [3.05, 3.63) is 76.4 Å². The van der Waals surface area contributed by atoms with Crippen molar-refractivity contribution in [1.82, 2.24) is 0 Å². The minimum atomic E-state index is 0.766. The van der Waals surface area contributed by atoms with E-state index in [1.165, 1.54) is 46.2 Å². The van der Waals surface area contributed by atoms with Crippen LogP contribution in [-0.4, -0.2) is 0 Å². The fourth-order valence-electron chi connectivity index (χ4n) is 3.21. The summed E-state index contributed by atoms with van der Waals surface area (Å²) in [6, 6.07) is 15.6. The summed E-state index contributed by atoms with van der Waals surface area (Å²) in [5, 5.41) is 0. The summed E-state index contributed by atoms with van der Waals surface area (Å²) in [7, 11) is 0. The lowest BCUT2D eigenvalue weighted by molar-refractivity contribution is 0.586. The Kier molecular flexibility index (Phi) is 3.96. The predicted molar refractivity (Wildman–Crippen MR) is 91.6 cm³/mol. The van der Waals surface area contributed by atoms with Crippen molar-refractivity contribution >= 4 is 5.57 Å². The summed E-state index contributed by atoms with van der Waals surface area (Å²) >= 11 is 0. The van der Waals surface area contributed by atoms with Gasteiger partial charge in [-0.15, -0.1) is 0 Å². The molecule has 1 aliphatic carbocycles. The number of hydrogen-bond donors (Lipinski definition) is 0. The third kappa shape index (κ3) is 2.95. The highest BCUT2D eigenvalue weighted by molar-refractivity contribution is 5.85. The first-order valence-electron chi connectivity index (χ1n) is 8.03. The number of allylic oxidation sites excluding steroid dienone is 1. The van der Waals surface area contributed by atoms with Crippen LogP contribution in [0, 0.1) is 12.8 Å². The second-order valence-corrected chi connectivity index (χ2v) is 6.56. The zero-order valence-electron chi connectivity index (χ0n) is 13.3. The Morgan fingerprint density at radius 3 is 2.52 bits per heavy atom. The Morgan fingerprint density at radius 1 is 1.05 bits per heavy atom. The maximum atomic E-state index is 2.43. The molecule has 0 spiro atoms. The van der Waals surface area contributed by atoms with Gasteiger partial charge >= 0.3 is 0 Å². The molecule has 21 heavy (non-hydrogen) atoms. The van der Waals surface area contributed by atoms with Gasteiger partial charge in [0.25, 0.3) is 0 Å². The van der Waals surface area contributed by atoms with Gasteiger partial charge in [-0.1, -0.05) is 62.4 Å². The molecule has 0 heterocycles. The van der Waals surface area contributed by atoms with Gasteiger partial charge in [0, 0.05) is 0 Å². The van der Waals surface area contributed by atoms with Crippen LogP contribution in [-0.2, 0) is 12.8 Å². The topological polar surface area (TPSA) is 0 Å². The molecule has 0 radical (unpaired) electrons. The standard InChI is InChI=1S/C21H24/c1-15(2)9-10-17-13-16(3)19-11-12-20(21(19)14-17)18-7-5-4-6-8-18/h4-8,12-15H,9-11H2,1-3H3. The lowest BCUT2D eigenvalue weighted by Crippen LogP contribution is -1.97. The number of hydrogen-bond acceptors (Lipinski definition) is 0. The van der Waals surface area contributed by atoms with Crippen LogP contribution >= 0.6 is 0 Å². The van der Waals surface area contributed by atoms with E-state index in [0.717, 1.165) is 12.3 Å². The summed E-state index contributed by atoms with van der Waals surface area (Å²) in [5.74, 6) is 0.766. The van der Waals surface area contributed by atoms with E-state index >= 15 is 0 Å². The van der Waals surface area contributed by atoms with Crippen molar-refractivity contribution in [2.45, 2.75) is 40.0 Å². The zero-order valence-corrected chi connectivity index (χ0v) is 13.3. The monoisotopic (exact) mass is 276 g/mol. The average molecular weight is 276 g/mol. The van der Waals surface area contributed by atoms with Gasteiger partial charge < -0.3 is 0 Å². The van der Waals surface area contributed by atoms with Crippen molar-refractivity contribution in [3.8, 4) is 0 Å². The third-order valence-corrected chi connectivity index (χ3v) is 4.43. The van der Waals surface area contributed by atoms with E-state index in [2.05, 4.69) is 69.3 Å². The van der Waals surface area contributed by atoms with Gasteiger partial charge in [-0.2, -0.15) is 0 Å².